The Labute approximate surface area is 200 Å². The van der Waals surface area contributed by atoms with Crippen LogP contribution in [0.2, 0.25) is 0 Å². The molecule has 1 aromatic carbocycles. The van der Waals surface area contributed by atoms with Crippen LogP contribution < -0.4 is 14.8 Å². The molecule has 0 unspecified atom stereocenters. The SMILES string of the molecule is CCCCCOC(=O)OCCN[C@@H](Cc1ccc(OC(=O)CC)c(OC(=O)CC)c1)C(=O)OC. The maximum absolute atomic E-state index is 12.2. The van der Waals surface area contributed by atoms with E-state index in [1.807, 2.05) is 0 Å². The van der Waals surface area contributed by atoms with Crippen LogP contribution >= 0.6 is 0 Å². The van der Waals surface area contributed by atoms with Gasteiger partial charge in [0.05, 0.1) is 13.7 Å². The highest BCUT2D eigenvalue weighted by atomic mass is 16.7. The average Bonchev–Trinajstić information content (AvgIpc) is 2.84. The molecule has 0 bridgehead atoms. The third kappa shape index (κ3) is 11.1. The van der Waals surface area contributed by atoms with Crippen molar-refractivity contribution >= 4 is 24.1 Å². The highest BCUT2D eigenvalue weighted by Gasteiger charge is 2.21. The summed E-state index contributed by atoms with van der Waals surface area (Å²) in [4.78, 5) is 47.3. The van der Waals surface area contributed by atoms with E-state index in [9.17, 15) is 19.2 Å². The minimum absolute atomic E-state index is 0.00533. The monoisotopic (exact) mass is 481 g/mol. The van der Waals surface area contributed by atoms with E-state index in [2.05, 4.69) is 12.2 Å². The summed E-state index contributed by atoms with van der Waals surface area (Å²) in [7, 11) is 1.27. The molecule has 1 N–H and O–H groups in total. The van der Waals surface area contributed by atoms with Crippen molar-refractivity contribution < 1.29 is 42.9 Å². The van der Waals surface area contributed by atoms with E-state index in [4.69, 9.17) is 23.7 Å². The number of carbonyl (C=O) groups excluding carboxylic acids is 4. The van der Waals surface area contributed by atoms with Crippen LogP contribution in [0.15, 0.2) is 18.2 Å². The van der Waals surface area contributed by atoms with Crippen LogP contribution in [0.25, 0.3) is 0 Å². The number of unbranched alkanes of at least 4 members (excludes halogenated alkanes) is 2. The van der Waals surface area contributed by atoms with Crippen LogP contribution in [0.5, 0.6) is 11.5 Å². The molecule has 190 valence electrons. The van der Waals surface area contributed by atoms with Gasteiger partial charge in [0.25, 0.3) is 0 Å². The lowest BCUT2D eigenvalue weighted by Crippen LogP contribution is -2.41. The Balaban J connectivity index is 2.76. The summed E-state index contributed by atoms with van der Waals surface area (Å²) in [6.45, 7) is 5.84. The molecular weight excluding hydrogens is 446 g/mol. The minimum Gasteiger partial charge on any atom is -0.468 e. The van der Waals surface area contributed by atoms with Crippen molar-refractivity contribution in [3.05, 3.63) is 23.8 Å². The smallest absolute Gasteiger partial charge is 0.468 e. The van der Waals surface area contributed by atoms with Crippen LogP contribution in [0.4, 0.5) is 4.79 Å². The van der Waals surface area contributed by atoms with Gasteiger partial charge in [-0.1, -0.05) is 39.7 Å². The average molecular weight is 482 g/mol. The molecule has 34 heavy (non-hydrogen) atoms. The fraction of sp³-hybridized carbons (Fsp3) is 0.583. The molecule has 0 saturated heterocycles. The number of carbonyl (C=O) groups is 4. The summed E-state index contributed by atoms with van der Waals surface area (Å²) in [5.74, 6) is -1.28. The van der Waals surface area contributed by atoms with Crippen LogP contribution in [-0.2, 0) is 35.0 Å². The molecule has 1 rings (SSSR count). The molecule has 0 heterocycles. The van der Waals surface area contributed by atoms with E-state index in [0.29, 0.717) is 12.2 Å². The standard InChI is InChI=1S/C24H35NO9/c1-5-8-9-13-31-24(29)32-14-12-25-18(23(28)30-4)15-17-10-11-19(33-21(26)6-2)20(16-17)34-22(27)7-3/h10-11,16,18,25H,5-9,12-15H2,1-4H3/t18-/m0/s1. The van der Waals surface area contributed by atoms with Gasteiger partial charge in [0.1, 0.15) is 12.6 Å². The number of nitrogens with one attached hydrogen (secondary N) is 1. The van der Waals surface area contributed by atoms with Crippen molar-refractivity contribution in [2.45, 2.75) is 65.3 Å². The molecule has 0 aliphatic heterocycles. The number of esters is 3. The zero-order valence-electron chi connectivity index (χ0n) is 20.3. The van der Waals surface area contributed by atoms with Crippen LogP contribution in [0.3, 0.4) is 0 Å². The van der Waals surface area contributed by atoms with Gasteiger partial charge in [0, 0.05) is 19.4 Å². The second kappa shape index (κ2) is 16.5. The first-order chi connectivity index (χ1) is 16.3. The summed E-state index contributed by atoms with van der Waals surface area (Å²) in [5, 5.41) is 2.98. The van der Waals surface area contributed by atoms with Crippen molar-refractivity contribution in [1.29, 1.82) is 0 Å². The molecule has 0 aliphatic rings. The third-order valence-corrected chi connectivity index (χ3v) is 4.64. The molecule has 0 saturated carbocycles. The fourth-order valence-electron chi connectivity index (χ4n) is 2.77. The molecule has 0 spiro atoms. The van der Waals surface area contributed by atoms with E-state index in [0.717, 1.165) is 19.3 Å². The van der Waals surface area contributed by atoms with Crippen molar-refractivity contribution in [1.82, 2.24) is 5.32 Å². The molecule has 1 atom stereocenters. The van der Waals surface area contributed by atoms with Crippen molar-refractivity contribution in [2.24, 2.45) is 0 Å². The Morgan fingerprint density at radius 3 is 2.15 bits per heavy atom. The predicted octanol–water partition coefficient (Wildman–Crippen LogP) is 3.33. The van der Waals surface area contributed by atoms with Gasteiger partial charge in [0.15, 0.2) is 11.5 Å². The zero-order valence-corrected chi connectivity index (χ0v) is 20.3. The molecule has 10 heteroatoms. The van der Waals surface area contributed by atoms with Crippen LogP contribution in [0, 0.1) is 0 Å². The molecular formula is C24H35NO9. The first-order valence-corrected chi connectivity index (χ1v) is 11.5. The van der Waals surface area contributed by atoms with E-state index < -0.39 is 30.1 Å². The zero-order chi connectivity index (χ0) is 25.3. The summed E-state index contributed by atoms with van der Waals surface area (Å²) >= 11 is 0. The first-order valence-electron chi connectivity index (χ1n) is 11.5. The van der Waals surface area contributed by atoms with Gasteiger partial charge >= 0.3 is 24.1 Å². The summed E-state index contributed by atoms with van der Waals surface area (Å²) in [6, 6.07) is 3.94. The quantitative estimate of drug-likeness (QED) is 0.226. The van der Waals surface area contributed by atoms with E-state index in [-0.39, 0.29) is 43.9 Å². The van der Waals surface area contributed by atoms with E-state index in [1.165, 1.54) is 19.2 Å². The number of rotatable bonds is 15. The number of ether oxygens (including phenoxy) is 5. The number of hydrogen-bond acceptors (Lipinski definition) is 10. The lowest BCUT2D eigenvalue weighted by molar-refractivity contribution is -0.143. The van der Waals surface area contributed by atoms with Crippen LogP contribution in [0.1, 0.15) is 58.4 Å². The summed E-state index contributed by atoms with van der Waals surface area (Å²) < 4.78 is 25.3. The largest absolute Gasteiger partial charge is 0.508 e. The molecule has 0 amide bonds. The Morgan fingerprint density at radius 1 is 0.882 bits per heavy atom. The van der Waals surface area contributed by atoms with Crippen molar-refractivity contribution in [3.63, 3.8) is 0 Å². The first kappa shape index (κ1) is 28.9. The van der Waals surface area contributed by atoms with Gasteiger partial charge in [0.2, 0.25) is 0 Å². The summed E-state index contributed by atoms with van der Waals surface area (Å²) in [5.41, 5.74) is 0.634. The lowest BCUT2D eigenvalue weighted by Gasteiger charge is -2.18. The van der Waals surface area contributed by atoms with Crippen molar-refractivity contribution in [3.8, 4) is 11.5 Å². The Kier molecular flexibility index (Phi) is 14.0. The highest BCUT2D eigenvalue weighted by Crippen LogP contribution is 2.30. The minimum atomic E-state index is -0.757. The molecule has 0 radical (unpaired) electrons. The van der Waals surface area contributed by atoms with Gasteiger partial charge in [-0.25, -0.2) is 4.79 Å². The Morgan fingerprint density at radius 2 is 1.53 bits per heavy atom. The number of benzene rings is 1. The van der Waals surface area contributed by atoms with Crippen molar-refractivity contribution in [2.75, 3.05) is 26.9 Å². The van der Waals surface area contributed by atoms with Crippen LogP contribution in [-0.4, -0.2) is 57.0 Å². The third-order valence-electron chi connectivity index (χ3n) is 4.64. The van der Waals surface area contributed by atoms with Gasteiger partial charge in [-0.2, -0.15) is 0 Å². The van der Waals surface area contributed by atoms with E-state index >= 15 is 0 Å². The van der Waals surface area contributed by atoms with Gasteiger partial charge < -0.3 is 29.0 Å². The topological polar surface area (TPSA) is 126 Å². The normalized spacial score (nSPS) is 11.3. The lowest BCUT2D eigenvalue weighted by atomic mass is 10.1. The molecule has 0 fully saturated rings. The van der Waals surface area contributed by atoms with Gasteiger partial charge in [-0.15, -0.1) is 0 Å². The Bertz CT molecular complexity index is 810. The highest BCUT2D eigenvalue weighted by molar-refractivity contribution is 5.77. The molecule has 10 nitrogen and oxygen atoms in total. The second-order valence-electron chi connectivity index (χ2n) is 7.32. The maximum atomic E-state index is 12.2. The van der Waals surface area contributed by atoms with E-state index in [1.54, 1.807) is 19.9 Å². The number of methoxy groups -OCH3 is 1. The second-order valence-corrected chi connectivity index (χ2v) is 7.32. The molecule has 0 aromatic heterocycles. The van der Waals surface area contributed by atoms with Gasteiger partial charge in [-0.3, -0.25) is 14.4 Å². The van der Waals surface area contributed by atoms with Gasteiger partial charge in [-0.05, 0) is 30.5 Å². The molecule has 0 aliphatic carbocycles. The maximum Gasteiger partial charge on any atom is 0.508 e. The predicted molar refractivity (Wildman–Crippen MR) is 123 cm³/mol. The number of hydrogen-bond donors (Lipinski definition) is 1. The molecule has 1 aromatic rings. The Hall–Kier alpha value is -3.14. The summed E-state index contributed by atoms with van der Waals surface area (Å²) in [6.07, 6.45) is 2.49. The fourth-order valence-corrected chi connectivity index (χ4v) is 2.77.